The van der Waals surface area contributed by atoms with Crippen LogP contribution in [0.25, 0.3) is 0 Å². The number of hydrogen-bond acceptors (Lipinski definition) is 3. The number of rotatable bonds is 1. The fourth-order valence-corrected chi connectivity index (χ4v) is 5.94. The van der Waals surface area contributed by atoms with Gasteiger partial charge in [-0.1, -0.05) is 26.2 Å². The minimum atomic E-state index is -0.00390. The Kier molecular flexibility index (Phi) is 4.68. The summed E-state index contributed by atoms with van der Waals surface area (Å²) in [4.78, 5) is 27.6. The van der Waals surface area contributed by atoms with Crippen LogP contribution in [0.2, 0.25) is 0 Å². The third-order valence-corrected chi connectivity index (χ3v) is 7.30. The highest BCUT2D eigenvalue weighted by atomic mass is 16.2. The van der Waals surface area contributed by atoms with Crippen molar-refractivity contribution in [3.8, 4) is 0 Å². The van der Waals surface area contributed by atoms with Crippen LogP contribution in [-0.2, 0) is 9.59 Å². The number of hydrogen-bond donors (Lipinski definition) is 1. The van der Waals surface area contributed by atoms with Crippen molar-refractivity contribution in [2.75, 3.05) is 13.1 Å². The van der Waals surface area contributed by atoms with Gasteiger partial charge in [-0.3, -0.25) is 9.59 Å². The third-order valence-electron chi connectivity index (χ3n) is 7.30. The van der Waals surface area contributed by atoms with Crippen molar-refractivity contribution >= 4 is 11.7 Å². The summed E-state index contributed by atoms with van der Waals surface area (Å²) in [5.74, 6) is 2.71. The van der Waals surface area contributed by atoms with E-state index in [0.717, 1.165) is 25.8 Å². The van der Waals surface area contributed by atoms with Gasteiger partial charge in [0.15, 0.2) is 0 Å². The molecule has 2 saturated carbocycles. The Hall–Kier alpha value is -0.900. The lowest BCUT2D eigenvalue weighted by molar-refractivity contribution is -0.133. The van der Waals surface area contributed by atoms with Crippen molar-refractivity contribution in [1.29, 1.82) is 0 Å². The third kappa shape index (κ3) is 3.02. The van der Waals surface area contributed by atoms with Crippen LogP contribution in [0, 0.1) is 23.7 Å². The summed E-state index contributed by atoms with van der Waals surface area (Å²) in [5, 5.41) is 3.67. The van der Waals surface area contributed by atoms with Crippen LogP contribution in [0.1, 0.15) is 64.7 Å². The maximum atomic E-state index is 13.1. The quantitative estimate of drug-likeness (QED) is 0.803. The molecule has 1 amide bonds. The topological polar surface area (TPSA) is 49.4 Å². The first-order valence-electron chi connectivity index (χ1n) is 10.2. The molecule has 0 radical (unpaired) electrons. The molecule has 134 valence electrons. The molecule has 0 aromatic rings. The number of amides is 1. The van der Waals surface area contributed by atoms with Crippen LogP contribution in [0.4, 0.5) is 0 Å². The van der Waals surface area contributed by atoms with E-state index in [1.54, 1.807) is 0 Å². The van der Waals surface area contributed by atoms with Crippen LogP contribution < -0.4 is 5.32 Å². The van der Waals surface area contributed by atoms with Gasteiger partial charge in [0.1, 0.15) is 5.78 Å². The summed E-state index contributed by atoms with van der Waals surface area (Å²) >= 11 is 0. The molecule has 24 heavy (non-hydrogen) atoms. The molecule has 0 bridgehead atoms. The zero-order chi connectivity index (χ0) is 16.7. The van der Waals surface area contributed by atoms with Crippen molar-refractivity contribution in [2.24, 2.45) is 23.7 Å². The Morgan fingerprint density at radius 1 is 1.08 bits per heavy atom. The average Bonchev–Trinajstić information content (AvgIpc) is 2.96. The summed E-state index contributed by atoms with van der Waals surface area (Å²) in [6.45, 7) is 3.79. The number of ketones is 1. The van der Waals surface area contributed by atoms with E-state index in [1.807, 2.05) is 4.90 Å². The highest BCUT2D eigenvalue weighted by Crippen LogP contribution is 2.38. The van der Waals surface area contributed by atoms with E-state index in [9.17, 15) is 9.59 Å². The van der Waals surface area contributed by atoms with Crippen molar-refractivity contribution in [1.82, 2.24) is 10.2 Å². The molecule has 2 heterocycles. The standard InChI is InChI=1S/C20H32N2O2/c1-13-5-4-7-14-11-17(21-19(13)14)20(24)22-10-9-18(23)16-8-3-2-6-15(16)12-22/h13-17,19,21H,2-12H2,1H3. The number of carbonyl (C=O) groups excluding carboxylic acids is 2. The zero-order valence-electron chi connectivity index (χ0n) is 15.0. The molecule has 4 rings (SSSR count). The van der Waals surface area contributed by atoms with Crippen molar-refractivity contribution in [2.45, 2.75) is 76.8 Å². The fourth-order valence-electron chi connectivity index (χ4n) is 5.94. The van der Waals surface area contributed by atoms with Gasteiger partial charge in [-0.15, -0.1) is 0 Å². The first-order valence-corrected chi connectivity index (χ1v) is 10.2. The molecule has 0 spiro atoms. The second kappa shape index (κ2) is 6.78. The van der Waals surface area contributed by atoms with Crippen molar-refractivity contribution in [3.05, 3.63) is 0 Å². The number of nitrogens with zero attached hydrogens (tertiary/aromatic N) is 1. The monoisotopic (exact) mass is 332 g/mol. The van der Waals surface area contributed by atoms with Gasteiger partial charge >= 0.3 is 0 Å². The largest absolute Gasteiger partial charge is 0.341 e. The number of fused-ring (bicyclic) bond motifs is 2. The van der Waals surface area contributed by atoms with E-state index < -0.39 is 0 Å². The second-order valence-electron chi connectivity index (χ2n) is 8.80. The molecule has 4 fully saturated rings. The molecule has 2 aliphatic carbocycles. The van der Waals surface area contributed by atoms with Crippen LogP contribution in [0.15, 0.2) is 0 Å². The maximum absolute atomic E-state index is 13.1. The summed E-state index contributed by atoms with van der Waals surface area (Å²) in [6, 6.07) is 0.527. The van der Waals surface area contributed by atoms with E-state index in [2.05, 4.69) is 12.2 Å². The maximum Gasteiger partial charge on any atom is 0.239 e. The molecule has 4 aliphatic rings. The summed E-state index contributed by atoms with van der Waals surface area (Å²) in [7, 11) is 0. The summed E-state index contributed by atoms with van der Waals surface area (Å²) in [5.41, 5.74) is 0. The van der Waals surface area contributed by atoms with Crippen LogP contribution in [0.5, 0.6) is 0 Å². The predicted molar refractivity (Wildman–Crippen MR) is 93.5 cm³/mol. The minimum Gasteiger partial charge on any atom is -0.341 e. The van der Waals surface area contributed by atoms with E-state index in [4.69, 9.17) is 0 Å². The zero-order valence-corrected chi connectivity index (χ0v) is 15.0. The average molecular weight is 332 g/mol. The Bertz CT molecular complexity index is 506. The number of carbonyl (C=O) groups is 2. The first kappa shape index (κ1) is 16.6. The summed E-state index contributed by atoms with van der Waals surface area (Å²) in [6.07, 6.45) is 10.0. The van der Waals surface area contributed by atoms with Gasteiger partial charge in [-0.2, -0.15) is 0 Å². The van der Waals surface area contributed by atoms with Gasteiger partial charge in [-0.05, 0) is 49.9 Å². The first-order chi connectivity index (χ1) is 11.6. The molecule has 6 atom stereocenters. The Morgan fingerprint density at radius 3 is 2.71 bits per heavy atom. The van der Waals surface area contributed by atoms with Crippen molar-refractivity contribution < 1.29 is 9.59 Å². The van der Waals surface area contributed by atoms with Crippen molar-refractivity contribution in [3.63, 3.8) is 0 Å². The molecule has 2 aliphatic heterocycles. The highest BCUT2D eigenvalue weighted by Gasteiger charge is 2.44. The van der Waals surface area contributed by atoms with E-state index >= 15 is 0 Å². The number of nitrogens with one attached hydrogen (secondary N) is 1. The van der Waals surface area contributed by atoms with Crippen LogP contribution >= 0.6 is 0 Å². The molecule has 4 nitrogen and oxygen atoms in total. The Labute approximate surface area is 145 Å². The predicted octanol–water partition coefficient (Wildman–Crippen LogP) is 2.76. The molecule has 6 unspecified atom stereocenters. The molecule has 1 N–H and O–H groups in total. The summed E-state index contributed by atoms with van der Waals surface area (Å²) < 4.78 is 0. The van der Waals surface area contributed by atoms with Gasteiger partial charge < -0.3 is 10.2 Å². The lowest BCUT2D eigenvalue weighted by atomic mass is 9.77. The lowest BCUT2D eigenvalue weighted by Gasteiger charge is -2.32. The lowest BCUT2D eigenvalue weighted by Crippen LogP contribution is -2.48. The molecule has 0 aromatic carbocycles. The molecule has 0 aromatic heterocycles. The molecular formula is C20H32N2O2. The van der Waals surface area contributed by atoms with Gasteiger partial charge in [0, 0.05) is 31.5 Å². The smallest absolute Gasteiger partial charge is 0.239 e. The Morgan fingerprint density at radius 2 is 1.88 bits per heavy atom. The highest BCUT2D eigenvalue weighted by molar-refractivity contribution is 5.86. The van der Waals surface area contributed by atoms with E-state index in [-0.39, 0.29) is 17.9 Å². The number of likely N-dealkylation sites (tertiary alicyclic amines) is 1. The molecule has 2 saturated heterocycles. The normalized spacial score (nSPS) is 43.0. The second-order valence-corrected chi connectivity index (χ2v) is 8.80. The minimum absolute atomic E-state index is 0.00390. The van der Waals surface area contributed by atoms with Gasteiger partial charge in [-0.25, -0.2) is 0 Å². The number of Topliss-reactive ketones (excluding diaryl/α,β-unsaturated/α-hetero) is 1. The van der Waals surface area contributed by atoms with E-state index in [1.165, 1.54) is 32.1 Å². The Balaban J connectivity index is 1.43. The fraction of sp³-hybridized carbons (Fsp3) is 0.900. The van der Waals surface area contributed by atoms with Crippen LogP contribution in [0.3, 0.4) is 0 Å². The van der Waals surface area contributed by atoms with Gasteiger partial charge in [0.25, 0.3) is 0 Å². The van der Waals surface area contributed by atoms with Crippen LogP contribution in [-0.4, -0.2) is 41.8 Å². The van der Waals surface area contributed by atoms with Gasteiger partial charge in [0.2, 0.25) is 5.91 Å². The van der Waals surface area contributed by atoms with E-state index in [0.29, 0.717) is 42.5 Å². The molecular weight excluding hydrogens is 300 g/mol. The molecule has 4 heteroatoms. The van der Waals surface area contributed by atoms with Gasteiger partial charge in [0.05, 0.1) is 6.04 Å². The SMILES string of the molecule is CC1CCCC2CC(C(=O)N3CCC(=O)C4CCCCC4C3)NC12.